The van der Waals surface area contributed by atoms with Gasteiger partial charge < -0.3 is 19.3 Å². The number of rotatable bonds is 5. The van der Waals surface area contributed by atoms with E-state index in [0.29, 0.717) is 0 Å². The minimum atomic E-state index is -3.88. The summed E-state index contributed by atoms with van der Waals surface area (Å²) in [4.78, 5) is 30.5. The number of Topliss-reactive ketones (excluding diaryl/α,β-unsaturated/α-hetero) is 2. The molecule has 0 saturated carbocycles. The van der Waals surface area contributed by atoms with Crippen molar-refractivity contribution in [3.05, 3.63) is 52.3 Å². The zero-order valence-electron chi connectivity index (χ0n) is 18.9. The number of primary sulfonamides is 1. The van der Waals surface area contributed by atoms with Crippen LogP contribution >= 0.6 is 11.6 Å². The molecule has 1 aliphatic carbocycles. The third-order valence-electron chi connectivity index (χ3n) is 6.02. The van der Waals surface area contributed by atoms with Crippen LogP contribution in [0.1, 0.15) is 23.7 Å². The Balaban J connectivity index is 1.80. The molecular formula is C23H21ClN2O8S. The lowest BCUT2D eigenvalue weighted by Crippen LogP contribution is -2.52. The second-order valence-corrected chi connectivity index (χ2v) is 9.99. The Bertz CT molecular complexity index is 1420. The Kier molecular flexibility index (Phi) is 6.12. The Labute approximate surface area is 206 Å². The average molecular weight is 521 g/mol. The summed E-state index contributed by atoms with van der Waals surface area (Å²) in [6.45, 7) is 1.61. The van der Waals surface area contributed by atoms with Crippen molar-refractivity contribution in [1.29, 1.82) is 0 Å². The SMILES string of the molecule is COc1cc(OC)c2c(c1Cl)O[C@]1(C2=O)C(O)=C(C=Nc2ccc(S(N)(=O)=O)cc2)C(=O)C[C@H]1C. The van der Waals surface area contributed by atoms with E-state index in [1.54, 1.807) is 6.92 Å². The zero-order chi connectivity index (χ0) is 25.7. The Morgan fingerprint density at radius 2 is 1.83 bits per heavy atom. The van der Waals surface area contributed by atoms with E-state index in [2.05, 4.69) is 4.99 Å². The van der Waals surface area contributed by atoms with Crippen molar-refractivity contribution >= 4 is 45.1 Å². The van der Waals surface area contributed by atoms with Crippen LogP contribution in [0.4, 0.5) is 5.69 Å². The third-order valence-corrected chi connectivity index (χ3v) is 7.31. The summed E-state index contributed by atoms with van der Waals surface area (Å²) < 4.78 is 39.4. The Morgan fingerprint density at radius 3 is 2.40 bits per heavy atom. The van der Waals surface area contributed by atoms with Gasteiger partial charge in [0.25, 0.3) is 0 Å². The summed E-state index contributed by atoms with van der Waals surface area (Å²) in [6.07, 6.45) is 0.989. The number of aliphatic hydroxyl groups excluding tert-OH is 1. The van der Waals surface area contributed by atoms with Crippen LogP contribution in [0.2, 0.25) is 5.02 Å². The van der Waals surface area contributed by atoms with Crippen molar-refractivity contribution < 1.29 is 37.3 Å². The van der Waals surface area contributed by atoms with Gasteiger partial charge in [-0.2, -0.15) is 0 Å². The molecule has 2 atom stereocenters. The van der Waals surface area contributed by atoms with Crippen molar-refractivity contribution in [3.8, 4) is 17.2 Å². The monoisotopic (exact) mass is 520 g/mol. The van der Waals surface area contributed by atoms with E-state index in [-0.39, 0.29) is 50.4 Å². The topological polar surface area (TPSA) is 155 Å². The molecule has 10 nitrogen and oxygen atoms in total. The number of nitrogens with two attached hydrogens (primary N) is 1. The van der Waals surface area contributed by atoms with Crippen LogP contribution in [0.3, 0.4) is 0 Å². The lowest BCUT2D eigenvalue weighted by Gasteiger charge is -2.36. The maximum Gasteiger partial charge on any atom is 0.238 e. The van der Waals surface area contributed by atoms with Gasteiger partial charge >= 0.3 is 0 Å². The molecule has 0 fully saturated rings. The molecule has 0 aromatic heterocycles. The first-order valence-corrected chi connectivity index (χ1v) is 12.2. The molecule has 2 aliphatic rings. The van der Waals surface area contributed by atoms with Crippen LogP contribution < -0.4 is 19.3 Å². The number of nitrogens with zero attached hydrogens (tertiary/aromatic N) is 1. The van der Waals surface area contributed by atoms with Gasteiger partial charge in [0, 0.05) is 24.6 Å². The lowest BCUT2D eigenvalue weighted by atomic mass is 9.73. The molecule has 35 heavy (non-hydrogen) atoms. The predicted octanol–water partition coefficient (Wildman–Crippen LogP) is 3.14. The van der Waals surface area contributed by atoms with E-state index in [1.165, 1.54) is 44.6 Å². The van der Waals surface area contributed by atoms with Crippen molar-refractivity contribution in [1.82, 2.24) is 0 Å². The number of fused-ring (bicyclic) bond motifs is 1. The summed E-state index contributed by atoms with van der Waals surface area (Å²) in [6, 6.07) is 6.70. The molecular weight excluding hydrogens is 500 g/mol. The maximum absolute atomic E-state index is 13.7. The minimum Gasteiger partial charge on any atom is -0.507 e. The van der Waals surface area contributed by atoms with E-state index >= 15 is 0 Å². The molecule has 0 unspecified atom stereocenters. The first-order chi connectivity index (χ1) is 16.4. The molecule has 0 amide bonds. The van der Waals surface area contributed by atoms with Gasteiger partial charge in [0.1, 0.15) is 22.1 Å². The minimum absolute atomic E-state index is 0.0181. The van der Waals surface area contributed by atoms with Gasteiger partial charge in [-0.05, 0) is 24.3 Å². The van der Waals surface area contributed by atoms with Crippen LogP contribution in [-0.4, -0.2) is 51.1 Å². The van der Waals surface area contributed by atoms with Crippen LogP contribution in [-0.2, 0) is 14.8 Å². The highest BCUT2D eigenvalue weighted by Gasteiger charge is 2.60. The molecule has 184 valence electrons. The first-order valence-electron chi connectivity index (χ1n) is 10.3. The average Bonchev–Trinajstić information content (AvgIpc) is 3.13. The quantitative estimate of drug-likeness (QED) is 0.570. The number of halogens is 1. The van der Waals surface area contributed by atoms with Gasteiger partial charge in [-0.3, -0.25) is 14.6 Å². The number of carbonyl (C=O) groups is 2. The zero-order valence-corrected chi connectivity index (χ0v) is 20.4. The number of aliphatic hydroxyl groups is 1. The molecule has 3 N–H and O–H groups in total. The number of hydrogen-bond donors (Lipinski definition) is 2. The van der Waals surface area contributed by atoms with E-state index in [4.69, 9.17) is 31.0 Å². The smallest absolute Gasteiger partial charge is 0.238 e. The van der Waals surface area contributed by atoms with Crippen molar-refractivity contribution in [3.63, 3.8) is 0 Å². The standard InChI is InChI=1S/C23H21ClN2O8S/c1-11-8-15(27)14(10-26-12-4-6-13(7-5-12)35(25,30)31)21(28)23(11)22(29)18-16(32-2)9-17(33-3)19(24)20(18)34-23/h4-7,9-11,28H,8H2,1-3H3,(H2,25,30,31)/t11-,23+/m1/s1. The maximum atomic E-state index is 13.7. The second-order valence-electron chi connectivity index (χ2n) is 8.05. The van der Waals surface area contributed by atoms with Crippen molar-refractivity contribution in [2.45, 2.75) is 23.8 Å². The number of hydrogen-bond acceptors (Lipinski definition) is 9. The van der Waals surface area contributed by atoms with Gasteiger partial charge in [0.15, 0.2) is 17.3 Å². The van der Waals surface area contributed by atoms with Crippen LogP contribution in [0.25, 0.3) is 0 Å². The predicted molar refractivity (Wildman–Crippen MR) is 127 cm³/mol. The Morgan fingerprint density at radius 1 is 1.20 bits per heavy atom. The van der Waals surface area contributed by atoms with E-state index in [1.807, 2.05) is 0 Å². The van der Waals surface area contributed by atoms with E-state index in [9.17, 15) is 23.1 Å². The number of aliphatic imine (C=N–C) groups is 1. The highest BCUT2D eigenvalue weighted by molar-refractivity contribution is 7.89. The lowest BCUT2D eigenvalue weighted by molar-refractivity contribution is -0.118. The molecule has 1 heterocycles. The summed E-state index contributed by atoms with van der Waals surface area (Å²) in [7, 11) is -1.12. The van der Waals surface area contributed by atoms with Crippen LogP contribution in [0, 0.1) is 5.92 Å². The van der Waals surface area contributed by atoms with Crippen molar-refractivity contribution in [2.75, 3.05) is 14.2 Å². The van der Waals surface area contributed by atoms with Crippen LogP contribution in [0.15, 0.2) is 51.6 Å². The first kappa shape index (κ1) is 24.7. The van der Waals surface area contributed by atoms with Gasteiger partial charge in [-0.15, -0.1) is 0 Å². The largest absolute Gasteiger partial charge is 0.507 e. The fourth-order valence-electron chi connectivity index (χ4n) is 4.17. The van der Waals surface area contributed by atoms with E-state index in [0.717, 1.165) is 6.21 Å². The van der Waals surface area contributed by atoms with Gasteiger partial charge in [-0.25, -0.2) is 13.6 Å². The molecule has 2 aromatic rings. The van der Waals surface area contributed by atoms with Crippen LogP contribution in [0.5, 0.6) is 17.2 Å². The number of carbonyl (C=O) groups excluding carboxylic acids is 2. The number of ether oxygens (including phenoxy) is 3. The number of methoxy groups -OCH3 is 2. The number of allylic oxidation sites excluding steroid dienone is 1. The number of sulfonamides is 1. The highest BCUT2D eigenvalue weighted by atomic mass is 35.5. The molecule has 0 bridgehead atoms. The molecule has 4 rings (SSSR count). The molecule has 1 spiro atoms. The van der Waals surface area contributed by atoms with E-state index < -0.39 is 38.9 Å². The van der Waals surface area contributed by atoms with Gasteiger partial charge in [0.2, 0.25) is 21.4 Å². The second kappa shape index (κ2) is 8.67. The number of benzene rings is 2. The summed E-state index contributed by atoms with van der Waals surface area (Å²) in [5.74, 6) is -2.08. The van der Waals surface area contributed by atoms with Gasteiger partial charge in [-0.1, -0.05) is 18.5 Å². The highest BCUT2D eigenvalue weighted by Crippen LogP contribution is 2.54. The molecule has 0 saturated heterocycles. The fraction of sp³-hybridized carbons (Fsp3) is 0.261. The molecule has 0 radical (unpaired) electrons. The molecule has 2 aromatic carbocycles. The third kappa shape index (κ3) is 3.85. The summed E-state index contributed by atoms with van der Waals surface area (Å²) in [5.41, 5.74) is -1.82. The molecule has 12 heteroatoms. The van der Waals surface area contributed by atoms with Gasteiger partial charge in [0.05, 0.1) is 30.4 Å². The van der Waals surface area contributed by atoms with Crippen molar-refractivity contribution in [2.24, 2.45) is 16.0 Å². The molecule has 1 aliphatic heterocycles. The Hall–Kier alpha value is -3.41. The normalized spacial score (nSPS) is 22.0. The fourth-order valence-corrected chi connectivity index (χ4v) is 4.95. The number of ketones is 2. The summed E-state index contributed by atoms with van der Waals surface area (Å²) in [5, 5.41) is 16.3. The summed E-state index contributed by atoms with van der Waals surface area (Å²) >= 11 is 6.40.